The fourth-order valence-corrected chi connectivity index (χ4v) is 4.81. The van der Waals surface area contributed by atoms with Crippen LogP contribution in [0.25, 0.3) is 16.7 Å². The number of benzene rings is 3. The van der Waals surface area contributed by atoms with Crippen LogP contribution in [-0.4, -0.2) is 16.7 Å². The standard InChI is InChI=1S/C28H26O4/c1-19-17-23(25-26(29)28(32-27(25)30)15-9-4-10-16-28)24(31-21-13-7-3-8-14-21)18-22(19)20-11-5-2-6-12-20/h2-3,5-8,11-14,17-18,29H,4,9-10,15-16H2,1H3. The van der Waals surface area contributed by atoms with Gasteiger partial charge < -0.3 is 14.6 Å². The highest BCUT2D eigenvalue weighted by Gasteiger charge is 2.49. The van der Waals surface area contributed by atoms with Gasteiger partial charge in [-0.25, -0.2) is 4.79 Å². The lowest BCUT2D eigenvalue weighted by Gasteiger charge is -2.31. The van der Waals surface area contributed by atoms with Gasteiger partial charge in [-0.3, -0.25) is 0 Å². The van der Waals surface area contributed by atoms with Gasteiger partial charge >= 0.3 is 5.97 Å². The van der Waals surface area contributed by atoms with Crippen molar-refractivity contribution in [1.29, 1.82) is 0 Å². The molecule has 1 spiro atoms. The largest absolute Gasteiger partial charge is 0.507 e. The summed E-state index contributed by atoms with van der Waals surface area (Å²) in [6.45, 7) is 2.01. The number of carbonyl (C=O) groups excluding carboxylic acids is 1. The Labute approximate surface area is 188 Å². The van der Waals surface area contributed by atoms with Crippen LogP contribution in [0.15, 0.2) is 78.6 Å². The van der Waals surface area contributed by atoms with Gasteiger partial charge in [0.05, 0.1) is 0 Å². The molecule has 1 heterocycles. The molecular formula is C28H26O4. The molecule has 3 aromatic carbocycles. The van der Waals surface area contributed by atoms with Gasteiger partial charge in [-0.15, -0.1) is 0 Å². The summed E-state index contributed by atoms with van der Waals surface area (Å²) in [5, 5.41) is 11.2. The van der Waals surface area contributed by atoms with E-state index in [2.05, 4.69) is 0 Å². The molecule has 4 heteroatoms. The monoisotopic (exact) mass is 426 g/mol. The van der Waals surface area contributed by atoms with Gasteiger partial charge in [-0.05, 0) is 73.6 Å². The molecule has 0 amide bonds. The number of esters is 1. The fraction of sp³-hybridized carbons (Fsp3) is 0.250. The Hall–Kier alpha value is -3.53. The second-order valence-electron chi connectivity index (χ2n) is 8.61. The lowest BCUT2D eigenvalue weighted by molar-refractivity contribution is -0.149. The molecule has 0 aromatic heterocycles. The van der Waals surface area contributed by atoms with E-state index in [1.54, 1.807) is 0 Å². The number of para-hydroxylation sites is 1. The van der Waals surface area contributed by atoms with E-state index in [1.807, 2.05) is 79.7 Å². The minimum atomic E-state index is -0.888. The van der Waals surface area contributed by atoms with E-state index in [0.29, 0.717) is 29.9 Å². The summed E-state index contributed by atoms with van der Waals surface area (Å²) in [5.41, 5.74) is 2.96. The fourth-order valence-electron chi connectivity index (χ4n) is 4.81. The van der Waals surface area contributed by atoms with E-state index in [9.17, 15) is 9.90 Å². The number of carbonyl (C=O) groups is 1. The molecule has 0 atom stereocenters. The second kappa shape index (κ2) is 8.19. The van der Waals surface area contributed by atoms with Crippen LogP contribution in [0.3, 0.4) is 0 Å². The molecule has 162 valence electrons. The van der Waals surface area contributed by atoms with E-state index in [0.717, 1.165) is 36.0 Å². The normalized spacial score (nSPS) is 17.5. The number of hydrogen-bond acceptors (Lipinski definition) is 4. The molecule has 2 aliphatic rings. The predicted molar refractivity (Wildman–Crippen MR) is 125 cm³/mol. The summed E-state index contributed by atoms with van der Waals surface area (Å²) in [4.78, 5) is 13.0. The van der Waals surface area contributed by atoms with Crippen LogP contribution in [0.4, 0.5) is 0 Å². The third-order valence-corrected chi connectivity index (χ3v) is 6.47. The van der Waals surface area contributed by atoms with Crippen LogP contribution < -0.4 is 4.74 Å². The highest BCUT2D eigenvalue weighted by Crippen LogP contribution is 2.48. The summed E-state index contributed by atoms with van der Waals surface area (Å²) < 4.78 is 12.1. The Kier molecular flexibility index (Phi) is 5.22. The lowest BCUT2D eigenvalue weighted by Crippen LogP contribution is -2.34. The predicted octanol–water partition coefficient (Wildman–Crippen LogP) is 6.98. The van der Waals surface area contributed by atoms with Gasteiger partial charge in [0.2, 0.25) is 0 Å². The minimum absolute atomic E-state index is 0.0481. The third kappa shape index (κ3) is 3.56. The zero-order valence-corrected chi connectivity index (χ0v) is 18.1. The van der Waals surface area contributed by atoms with E-state index >= 15 is 0 Å². The average molecular weight is 427 g/mol. The molecule has 1 aliphatic carbocycles. The first-order valence-electron chi connectivity index (χ1n) is 11.2. The minimum Gasteiger partial charge on any atom is -0.507 e. The molecular weight excluding hydrogens is 400 g/mol. The summed E-state index contributed by atoms with van der Waals surface area (Å²) in [5.74, 6) is 0.753. The number of aryl methyl sites for hydroxylation is 1. The Morgan fingerprint density at radius 2 is 1.53 bits per heavy atom. The molecule has 3 aromatic rings. The molecule has 1 aliphatic heterocycles. The van der Waals surface area contributed by atoms with Crippen LogP contribution in [-0.2, 0) is 9.53 Å². The highest BCUT2D eigenvalue weighted by molar-refractivity contribution is 6.20. The Bertz CT molecular complexity index is 1170. The van der Waals surface area contributed by atoms with Crippen LogP contribution >= 0.6 is 0 Å². The van der Waals surface area contributed by atoms with E-state index in [-0.39, 0.29) is 11.3 Å². The SMILES string of the molecule is Cc1cc(C2=C(O)C3(CCCCC3)OC2=O)c(Oc2ccccc2)cc1-c1ccccc1. The molecule has 5 rings (SSSR count). The number of aliphatic hydroxyl groups excluding tert-OH is 1. The van der Waals surface area contributed by atoms with Crippen LogP contribution in [0.1, 0.15) is 43.2 Å². The summed E-state index contributed by atoms with van der Waals surface area (Å²) in [6, 6.07) is 23.4. The Morgan fingerprint density at radius 1 is 0.875 bits per heavy atom. The second-order valence-corrected chi connectivity index (χ2v) is 8.61. The van der Waals surface area contributed by atoms with Crippen molar-refractivity contribution in [3.8, 4) is 22.6 Å². The van der Waals surface area contributed by atoms with Gasteiger partial charge in [0, 0.05) is 5.56 Å². The first kappa shape index (κ1) is 20.4. The van der Waals surface area contributed by atoms with Crippen molar-refractivity contribution in [2.75, 3.05) is 0 Å². The van der Waals surface area contributed by atoms with Crippen LogP contribution in [0, 0.1) is 6.92 Å². The molecule has 4 nitrogen and oxygen atoms in total. The number of rotatable bonds is 4. The van der Waals surface area contributed by atoms with E-state index in [4.69, 9.17) is 9.47 Å². The van der Waals surface area contributed by atoms with Gasteiger partial charge in [0.25, 0.3) is 0 Å². The highest BCUT2D eigenvalue weighted by atomic mass is 16.6. The maximum Gasteiger partial charge on any atom is 0.343 e. The zero-order chi connectivity index (χ0) is 22.1. The molecule has 0 saturated heterocycles. The molecule has 1 fully saturated rings. The van der Waals surface area contributed by atoms with E-state index in [1.165, 1.54) is 0 Å². The smallest absolute Gasteiger partial charge is 0.343 e. The lowest BCUT2D eigenvalue weighted by atomic mass is 9.82. The molecule has 1 saturated carbocycles. The Balaban J connectivity index is 1.67. The maximum absolute atomic E-state index is 13.0. The average Bonchev–Trinajstić information content (AvgIpc) is 3.05. The first-order chi connectivity index (χ1) is 15.6. The van der Waals surface area contributed by atoms with Gasteiger partial charge in [-0.2, -0.15) is 0 Å². The van der Waals surface area contributed by atoms with Gasteiger partial charge in [0.15, 0.2) is 11.4 Å². The summed E-state index contributed by atoms with van der Waals surface area (Å²) >= 11 is 0. The molecule has 1 N–H and O–H groups in total. The van der Waals surface area contributed by atoms with Crippen LogP contribution in [0.5, 0.6) is 11.5 Å². The Morgan fingerprint density at radius 3 is 2.22 bits per heavy atom. The van der Waals surface area contributed by atoms with Crippen LogP contribution in [0.2, 0.25) is 0 Å². The van der Waals surface area contributed by atoms with Crippen molar-refractivity contribution in [3.05, 3.63) is 89.7 Å². The maximum atomic E-state index is 13.0. The molecule has 0 radical (unpaired) electrons. The quantitative estimate of drug-likeness (QED) is 0.457. The van der Waals surface area contributed by atoms with Gasteiger partial charge in [0.1, 0.15) is 17.1 Å². The van der Waals surface area contributed by atoms with Crippen molar-refractivity contribution < 1.29 is 19.4 Å². The van der Waals surface area contributed by atoms with Gasteiger partial charge in [-0.1, -0.05) is 55.0 Å². The number of ether oxygens (including phenoxy) is 2. The molecule has 0 unspecified atom stereocenters. The topological polar surface area (TPSA) is 55.8 Å². The van der Waals surface area contributed by atoms with Crippen molar-refractivity contribution in [1.82, 2.24) is 0 Å². The van der Waals surface area contributed by atoms with Crippen molar-refractivity contribution in [2.45, 2.75) is 44.6 Å². The third-order valence-electron chi connectivity index (χ3n) is 6.47. The van der Waals surface area contributed by atoms with E-state index < -0.39 is 11.6 Å². The first-order valence-corrected chi connectivity index (χ1v) is 11.2. The molecule has 0 bridgehead atoms. The van der Waals surface area contributed by atoms with Crippen molar-refractivity contribution in [2.24, 2.45) is 0 Å². The zero-order valence-electron chi connectivity index (χ0n) is 18.1. The number of aliphatic hydroxyl groups is 1. The molecule has 32 heavy (non-hydrogen) atoms. The summed E-state index contributed by atoms with van der Waals surface area (Å²) in [7, 11) is 0. The number of hydrogen-bond donors (Lipinski definition) is 1. The van der Waals surface area contributed by atoms with Crippen molar-refractivity contribution >= 4 is 11.5 Å². The van der Waals surface area contributed by atoms with Crippen molar-refractivity contribution in [3.63, 3.8) is 0 Å². The summed E-state index contributed by atoms with van der Waals surface area (Å²) in [6.07, 6.45) is 4.27.